The molecule has 0 aromatic heterocycles. The van der Waals surface area contributed by atoms with E-state index in [2.05, 4.69) is 15.9 Å². The lowest BCUT2D eigenvalue weighted by molar-refractivity contribution is 0.0918. The average molecular weight is 337 g/mol. The lowest BCUT2D eigenvalue weighted by Gasteiger charge is -2.09. The smallest absolute Gasteiger partial charge is 0.200 e. The highest BCUT2D eigenvalue weighted by molar-refractivity contribution is 9.10. The van der Waals surface area contributed by atoms with Gasteiger partial charge in [0.15, 0.2) is 24.0 Å². The number of ketones is 1. The van der Waals surface area contributed by atoms with Gasteiger partial charge >= 0.3 is 0 Å². The van der Waals surface area contributed by atoms with Crippen LogP contribution in [0.2, 0.25) is 0 Å². The third-order valence-electron chi connectivity index (χ3n) is 2.93. The third kappa shape index (κ3) is 3.45. The van der Waals surface area contributed by atoms with Gasteiger partial charge < -0.3 is 4.74 Å². The molecule has 0 saturated carbocycles. The van der Waals surface area contributed by atoms with Crippen molar-refractivity contribution < 1.29 is 13.9 Å². The SMILES string of the molecule is Cc1ccc(C(=O)COc2cc(Br)ccc2F)c(C)c1. The second kappa shape index (κ2) is 6.18. The molecule has 20 heavy (non-hydrogen) atoms. The van der Waals surface area contributed by atoms with E-state index in [0.29, 0.717) is 10.0 Å². The minimum absolute atomic E-state index is 0.0671. The summed E-state index contributed by atoms with van der Waals surface area (Å²) in [5.74, 6) is -0.582. The van der Waals surface area contributed by atoms with Crippen LogP contribution in [0.3, 0.4) is 0 Å². The van der Waals surface area contributed by atoms with Crippen LogP contribution in [0.4, 0.5) is 4.39 Å². The maximum absolute atomic E-state index is 13.5. The Balaban J connectivity index is 2.10. The molecule has 0 saturated heterocycles. The summed E-state index contributed by atoms with van der Waals surface area (Å²) < 4.78 is 19.5. The lowest BCUT2D eigenvalue weighted by atomic mass is 10.0. The van der Waals surface area contributed by atoms with Gasteiger partial charge in [0, 0.05) is 10.0 Å². The van der Waals surface area contributed by atoms with Crippen molar-refractivity contribution in [1.82, 2.24) is 0 Å². The summed E-state index contributed by atoms with van der Waals surface area (Å²) in [7, 11) is 0. The molecule has 0 heterocycles. The Morgan fingerprint density at radius 2 is 1.95 bits per heavy atom. The highest BCUT2D eigenvalue weighted by Crippen LogP contribution is 2.22. The number of aryl methyl sites for hydroxylation is 2. The van der Waals surface area contributed by atoms with Gasteiger partial charge in [-0.05, 0) is 37.6 Å². The molecule has 4 heteroatoms. The summed E-state index contributed by atoms with van der Waals surface area (Å²) in [6.07, 6.45) is 0. The molecule has 0 spiro atoms. The number of benzene rings is 2. The Kier molecular flexibility index (Phi) is 4.55. The fourth-order valence-corrected chi connectivity index (χ4v) is 2.28. The molecule has 2 aromatic rings. The molecule has 104 valence electrons. The largest absolute Gasteiger partial charge is 0.482 e. The number of rotatable bonds is 4. The Morgan fingerprint density at radius 3 is 2.65 bits per heavy atom. The molecule has 0 aliphatic heterocycles. The first-order valence-electron chi connectivity index (χ1n) is 6.15. The van der Waals surface area contributed by atoms with Crippen molar-refractivity contribution in [1.29, 1.82) is 0 Å². The normalized spacial score (nSPS) is 10.4. The molecule has 0 fully saturated rings. The number of hydrogen-bond donors (Lipinski definition) is 0. The van der Waals surface area contributed by atoms with Crippen LogP contribution in [0, 0.1) is 19.7 Å². The van der Waals surface area contributed by atoms with Crippen LogP contribution in [0.15, 0.2) is 40.9 Å². The van der Waals surface area contributed by atoms with Crippen LogP contribution >= 0.6 is 15.9 Å². The van der Waals surface area contributed by atoms with Crippen LogP contribution in [0.5, 0.6) is 5.75 Å². The van der Waals surface area contributed by atoms with Crippen molar-refractivity contribution in [3.63, 3.8) is 0 Å². The fraction of sp³-hybridized carbons (Fsp3) is 0.188. The summed E-state index contributed by atoms with van der Waals surface area (Å²) in [5, 5.41) is 0. The van der Waals surface area contributed by atoms with Gasteiger partial charge in [0.2, 0.25) is 0 Å². The van der Waals surface area contributed by atoms with E-state index >= 15 is 0 Å². The zero-order valence-electron chi connectivity index (χ0n) is 11.2. The number of hydrogen-bond acceptors (Lipinski definition) is 2. The number of carbonyl (C=O) groups excluding carboxylic acids is 1. The van der Waals surface area contributed by atoms with Gasteiger partial charge in [0.1, 0.15) is 0 Å². The van der Waals surface area contributed by atoms with Crippen LogP contribution < -0.4 is 4.74 Å². The summed E-state index contributed by atoms with van der Waals surface area (Å²) >= 11 is 3.24. The second-order valence-electron chi connectivity index (χ2n) is 4.60. The van der Waals surface area contributed by atoms with Crippen LogP contribution in [-0.2, 0) is 0 Å². The summed E-state index contributed by atoms with van der Waals surface area (Å²) in [4.78, 5) is 12.1. The van der Waals surface area contributed by atoms with Crippen molar-refractivity contribution >= 4 is 21.7 Å². The highest BCUT2D eigenvalue weighted by Gasteiger charge is 2.12. The van der Waals surface area contributed by atoms with E-state index in [4.69, 9.17) is 4.74 Å². The van der Waals surface area contributed by atoms with E-state index in [9.17, 15) is 9.18 Å². The van der Waals surface area contributed by atoms with Gasteiger partial charge in [-0.2, -0.15) is 0 Å². The minimum atomic E-state index is -0.485. The van der Waals surface area contributed by atoms with Gasteiger partial charge in [-0.15, -0.1) is 0 Å². The van der Waals surface area contributed by atoms with Crippen LogP contribution in [-0.4, -0.2) is 12.4 Å². The molecule has 2 rings (SSSR count). The van der Waals surface area contributed by atoms with E-state index < -0.39 is 5.82 Å². The van der Waals surface area contributed by atoms with E-state index in [1.54, 1.807) is 12.1 Å². The first-order valence-corrected chi connectivity index (χ1v) is 6.95. The Morgan fingerprint density at radius 1 is 1.20 bits per heavy atom. The number of ether oxygens (including phenoxy) is 1. The van der Waals surface area contributed by atoms with Gasteiger partial charge in [0.25, 0.3) is 0 Å². The van der Waals surface area contributed by atoms with Crippen molar-refractivity contribution in [2.45, 2.75) is 13.8 Å². The maximum atomic E-state index is 13.5. The van der Waals surface area contributed by atoms with E-state index in [0.717, 1.165) is 11.1 Å². The van der Waals surface area contributed by atoms with Gasteiger partial charge in [-0.1, -0.05) is 39.7 Å². The summed E-state index contributed by atoms with van der Waals surface area (Å²) in [6, 6.07) is 9.96. The van der Waals surface area contributed by atoms with E-state index in [1.807, 2.05) is 26.0 Å². The maximum Gasteiger partial charge on any atom is 0.200 e. The van der Waals surface area contributed by atoms with Gasteiger partial charge in [-0.25, -0.2) is 4.39 Å². The fourth-order valence-electron chi connectivity index (χ4n) is 1.94. The number of carbonyl (C=O) groups is 1. The predicted octanol–water partition coefficient (Wildman–Crippen LogP) is 4.47. The summed E-state index contributed by atoms with van der Waals surface area (Å²) in [5.41, 5.74) is 2.59. The summed E-state index contributed by atoms with van der Waals surface area (Å²) in [6.45, 7) is 3.66. The molecule has 0 radical (unpaired) electrons. The van der Waals surface area contributed by atoms with Crippen molar-refractivity contribution in [2.24, 2.45) is 0 Å². The molecule has 0 bridgehead atoms. The molecule has 0 aliphatic carbocycles. The minimum Gasteiger partial charge on any atom is -0.482 e. The van der Waals surface area contributed by atoms with Crippen molar-refractivity contribution in [3.8, 4) is 5.75 Å². The van der Waals surface area contributed by atoms with Gasteiger partial charge in [0.05, 0.1) is 0 Å². The Hall–Kier alpha value is -1.68. The monoisotopic (exact) mass is 336 g/mol. The van der Waals surface area contributed by atoms with Crippen molar-refractivity contribution in [2.75, 3.05) is 6.61 Å². The number of halogens is 2. The molecule has 0 amide bonds. The molecule has 2 aromatic carbocycles. The lowest BCUT2D eigenvalue weighted by Crippen LogP contribution is -2.13. The van der Waals surface area contributed by atoms with E-state index in [1.165, 1.54) is 12.1 Å². The van der Waals surface area contributed by atoms with E-state index in [-0.39, 0.29) is 18.1 Å². The quantitative estimate of drug-likeness (QED) is 0.770. The predicted molar refractivity (Wildman–Crippen MR) is 79.8 cm³/mol. The second-order valence-corrected chi connectivity index (χ2v) is 5.52. The molecular formula is C16H14BrFO2. The molecule has 0 N–H and O–H groups in total. The topological polar surface area (TPSA) is 26.3 Å². The van der Waals surface area contributed by atoms with Crippen LogP contribution in [0.1, 0.15) is 21.5 Å². The molecule has 0 aliphatic rings. The first kappa shape index (κ1) is 14.7. The molecule has 0 atom stereocenters. The Labute approximate surface area is 125 Å². The average Bonchev–Trinajstić information content (AvgIpc) is 2.39. The van der Waals surface area contributed by atoms with Crippen molar-refractivity contribution in [3.05, 3.63) is 63.4 Å². The highest BCUT2D eigenvalue weighted by atomic mass is 79.9. The zero-order chi connectivity index (χ0) is 14.7. The Bertz CT molecular complexity index is 653. The molecule has 2 nitrogen and oxygen atoms in total. The van der Waals surface area contributed by atoms with Gasteiger partial charge in [-0.3, -0.25) is 4.79 Å². The molecule has 0 unspecified atom stereocenters. The number of Topliss-reactive ketones (excluding diaryl/α,β-unsaturated/α-hetero) is 1. The molecular weight excluding hydrogens is 323 g/mol. The third-order valence-corrected chi connectivity index (χ3v) is 3.43. The zero-order valence-corrected chi connectivity index (χ0v) is 12.8. The van der Waals surface area contributed by atoms with Crippen LogP contribution in [0.25, 0.3) is 0 Å². The standard InChI is InChI=1S/C16H14BrFO2/c1-10-3-5-13(11(2)7-10)15(19)9-20-16-8-12(17)4-6-14(16)18/h3-8H,9H2,1-2H3. The first-order chi connectivity index (χ1) is 9.47.